The highest BCUT2D eigenvalue weighted by Crippen LogP contribution is 1.98. The van der Waals surface area contributed by atoms with Gasteiger partial charge in [0.1, 0.15) is 0 Å². The Balaban J connectivity index is 2.88. The number of hydrogen-bond acceptors (Lipinski definition) is 3. The zero-order chi connectivity index (χ0) is 6.69. The second kappa shape index (κ2) is 2.44. The first kappa shape index (κ1) is 6.01. The molecule has 0 spiro atoms. The van der Waals surface area contributed by atoms with Gasteiger partial charge in [-0.2, -0.15) is 0 Å². The van der Waals surface area contributed by atoms with Crippen LogP contribution < -0.4 is 4.74 Å². The molecule has 0 bridgehead atoms. The van der Waals surface area contributed by atoms with Gasteiger partial charge in [0.15, 0.2) is 0 Å². The zero-order valence-electron chi connectivity index (χ0n) is 5.03. The number of rotatable bonds is 1. The van der Waals surface area contributed by atoms with Gasteiger partial charge in [-0.15, -0.1) is 0 Å². The molecule has 0 aliphatic rings. The average Bonchev–Trinajstić information content (AvgIpc) is 1.90. The molecule has 0 saturated heterocycles. The lowest BCUT2D eigenvalue weighted by atomic mass is 10.4. The number of ether oxygens (including phenoxy) is 1. The fourth-order valence-electron chi connectivity index (χ4n) is 0.432. The maximum atomic E-state index is 5.30. The van der Waals surface area contributed by atoms with E-state index in [0.717, 1.165) is 0 Å². The second-order valence-electron chi connectivity index (χ2n) is 1.50. The SMILES string of the molecule is [CH]c1cnc(OC)nc1. The molecule has 1 aromatic heterocycles. The summed E-state index contributed by atoms with van der Waals surface area (Å²) in [5.74, 6) is 0. The Labute approximate surface area is 53.7 Å². The highest BCUT2D eigenvalue weighted by molar-refractivity contribution is 5.09. The molecule has 9 heavy (non-hydrogen) atoms. The fourth-order valence-corrected chi connectivity index (χ4v) is 0.432. The van der Waals surface area contributed by atoms with Crippen LogP contribution in [0, 0.1) is 6.92 Å². The molecule has 0 atom stereocenters. The highest BCUT2D eigenvalue weighted by atomic mass is 16.5. The van der Waals surface area contributed by atoms with Crippen molar-refractivity contribution in [1.29, 1.82) is 0 Å². The molecule has 0 unspecified atom stereocenters. The van der Waals surface area contributed by atoms with Crippen LogP contribution >= 0.6 is 0 Å². The minimum absolute atomic E-state index is 0.337. The molecule has 0 amide bonds. The van der Waals surface area contributed by atoms with Gasteiger partial charge in [0, 0.05) is 19.3 Å². The standard InChI is InChI=1S/C6H6N2O/c1-5-3-7-6(9-2)8-4-5/h1,3-4H,2H3. The molecule has 3 nitrogen and oxygen atoms in total. The van der Waals surface area contributed by atoms with Crippen molar-refractivity contribution in [3.8, 4) is 6.01 Å². The Morgan fingerprint density at radius 3 is 2.44 bits per heavy atom. The predicted molar refractivity (Wildman–Crippen MR) is 32.0 cm³/mol. The lowest BCUT2D eigenvalue weighted by Crippen LogP contribution is -1.90. The van der Waals surface area contributed by atoms with E-state index >= 15 is 0 Å². The molecule has 0 saturated carbocycles. The van der Waals surface area contributed by atoms with E-state index in [9.17, 15) is 0 Å². The van der Waals surface area contributed by atoms with E-state index in [4.69, 9.17) is 11.7 Å². The summed E-state index contributed by atoms with van der Waals surface area (Å²) in [5.41, 5.74) is 0.538. The molecular weight excluding hydrogens is 116 g/mol. The third-order valence-electron chi connectivity index (χ3n) is 0.831. The fraction of sp³-hybridized carbons (Fsp3) is 0.167. The summed E-state index contributed by atoms with van der Waals surface area (Å²) in [6.07, 6.45) is 2.98. The van der Waals surface area contributed by atoms with Gasteiger partial charge in [0.2, 0.25) is 0 Å². The van der Waals surface area contributed by atoms with Crippen LogP contribution in [0.15, 0.2) is 12.4 Å². The van der Waals surface area contributed by atoms with Crippen LogP contribution in [-0.4, -0.2) is 17.1 Å². The van der Waals surface area contributed by atoms with Gasteiger partial charge < -0.3 is 4.74 Å². The molecule has 46 valence electrons. The van der Waals surface area contributed by atoms with Crippen LogP contribution in [0.4, 0.5) is 0 Å². The Morgan fingerprint density at radius 1 is 1.44 bits per heavy atom. The molecule has 3 heteroatoms. The van der Waals surface area contributed by atoms with E-state index in [-0.39, 0.29) is 0 Å². The predicted octanol–water partition coefficient (Wildman–Crippen LogP) is 0.544. The van der Waals surface area contributed by atoms with Crippen molar-refractivity contribution < 1.29 is 4.74 Å². The molecule has 0 aliphatic carbocycles. The van der Waals surface area contributed by atoms with E-state index in [1.807, 2.05) is 0 Å². The van der Waals surface area contributed by atoms with Crippen LogP contribution in [0.5, 0.6) is 6.01 Å². The molecule has 0 aliphatic heterocycles. The van der Waals surface area contributed by atoms with Gasteiger partial charge in [0.05, 0.1) is 7.11 Å². The van der Waals surface area contributed by atoms with Gasteiger partial charge in [-0.3, -0.25) is 0 Å². The van der Waals surface area contributed by atoms with Gasteiger partial charge in [-0.25, -0.2) is 9.97 Å². The van der Waals surface area contributed by atoms with E-state index in [1.54, 1.807) is 0 Å². The summed E-state index contributed by atoms with van der Waals surface area (Å²) in [5, 5.41) is 0. The van der Waals surface area contributed by atoms with E-state index < -0.39 is 0 Å². The first-order valence-electron chi connectivity index (χ1n) is 2.44. The van der Waals surface area contributed by atoms with E-state index in [2.05, 4.69) is 9.97 Å². The van der Waals surface area contributed by atoms with Crippen molar-refractivity contribution in [2.45, 2.75) is 0 Å². The van der Waals surface area contributed by atoms with Crippen LogP contribution in [0.2, 0.25) is 0 Å². The largest absolute Gasteiger partial charge is 0.467 e. The Morgan fingerprint density at radius 2 is 2.00 bits per heavy atom. The van der Waals surface area contributed by atoms with Crippen LogP contribution in [0.3, 0.4) is 0 Å². The molecule has 0 N–H and O–H groups in total. The molecule has 1 aromatic rings. The summed E-state index contributed by atoms with van der Waals surface area (Å²) in [6, 6.07) is 0.337. The number of methoxy groups -OCH3 is 1. The minimum atomic E-state index is 0.337. The Hall–Kier alpha value is -1.12. The molecule has 0 aromatic carbocycles. The van der Waals surface area contributed by atoms with Gasteiger partial charge in [-0.05, 0) is 5.56 Å². The third-order valence-corrected chi connectivity index (χ3v) is 0.831. The monoisotopic (exact) mass is 122 g/mol. The van der Waals surface area contributed by atoms with Gasteiger partial charge >= 0.3 is 6.01 Å². The summed E-state index contributed by atoms with van der Waals surface area (Å²) in [6.45, 7) is 5.30. The van der Waals surface area contributed by atoms with Crippen molar-refractivity contribution in [2.24, 2.45) is 0 Å². The highest BCUT2D eigenvalue weighted by Gasteiger charge is 1.89. The maximum Gasteiger partial charge on any atom is 0.316 e. The number of hydrogen-bond donors (Lipinski definition) is 0. The average molecular weight is 122 g/mol. The van der Waals surface area contributed by atoms with Crippen LogP contribution in [-0.2, 0) is 0 Å². The van der Waals surface area contributed by atoms with Crippen molar-refractivity contribution in [1.82, 2.24) is 9.97 Å². The summed E-state index contributed by atoms with van der Waals surface area (Å²) >= 11 is 0. The molecule has 0 fully saturated rings. The summed E-state index contributed by atoms with van der Waals surface area (Å²) in [7, 11) is 1.51. The Kier molecular flexibility index (Phi) is 1.63. The summed E-state index contributed by atoms with van der Waals surface area (Å²) in [4.78, 5) is 7.48. The Bertz CT molecular complexity index is 183. The second-order valence-corrected chi connectivity index (χ2v) is 1.50. The molecule has 1 rings (SSSR count). The number of nitrogens with zero attached hydrogens (tertiary/aromatic N) is 2. The lowest BCUT2D eigenvalue weighted by molar-refractivity contribution is 0.379. The maximum absolute atomic E-state index is 5.30. The summed E-state index contributed by atoms with van der Waals surface area (Å²) < 4.78 is 4.69. The smallest absolute Gasteiger partial charge is 0.316 e. The number of aromatic nitrogens is 2. The van der Waals surface area contributed by atoms with Crippen molar-refractivity contribution in [3.63, 3.8) is 0 Å². The molecular formula is C6H6N2O. The quantitative estimate of drug-likeness (QED) is 0.545. The topological polar surface area (TPSA) is 35.0 Å². The third kappa shape index (κ3) is 1.38. The van der Waals surface area contributed by atoms with Crippen molar-refractivity contribution in [3.05, 3.63) is 24.9 Å². The first-order chi connectivity index (χ1) is 4.33. The molecule has 1 heterocycles. The van der Waals surface area contributed by atoms with Gasteiger partial charge in [0.25, 0.3) is 0 Å². The van der Waals surface area contributed by atoms with E-state index in [1.165, 1.54) is 19.5 Å². The zero-order valence-corrected chi connectivity index (χ0v) is 5.03. The minimum Gasteiger partial charge on any atom is -0.467 e. The lowest BCUT2D eigenvalue weighted by Gasteiger charge is -1.94. The van der Waals surface area contributed by atoms with Gasteiger partial charge in [-0.1, -0.05) is 0 Å². The van der Waals surface area contributed by atoms with Crippen molar-refractivity contribution in [2.75, 3.05) is 7.11 Å². The van der Waals surface area contributed by atoms with Crippen molar-refractivity contribution >= 4 is 0 Å². The first-order valence-corrected chi connectivity index (χ1v) is 2.44. The van der Waals surface area contributed by atoms with Crippen LogP contribution in [0.1, 0.15) is 5.56 Å². The van der Waals surface area contributed by atoms with Crippen LogP contribution in [0.25, 0.3) is 0 Å². The van der Waals surface area contributed by atoms with E-state index in [0.29, 0.717) is 11.6 Å². The molecule has 2 radical (unpaired) electrons. The normalized spacial score (nSPS) is 9.11.